The Kier molecular flexibility index (Phi) is 3.26. The van der Waals surface area contributed by atoms with Gasteiger partial charge in [-0.15, -0.1) is 0 Å². The molecule has 0 saturated heterocycles. The van der Waals surface area contributed by atoms with Crippen molar-refractivity contribution in [2.24, 2.45) is 5.73 Å². The summed E-state index contributed by atoms with van der Waals surface area (Å²) >= 11 is 0. The van der Waals surface area contributed by atoms with Gasteiger partial charge in [-0.3, -0.25) is 0 Å². The fraction of sp³-hybridized carbons (Fsp3) is 0.333. The molecule has 1 heteroatoms. The van der Waals surface area contributed by atoms with Gasteiger partial charge in [0.15, 0.2) is 0 Å². The minimum Gasteiger partial charge on any atom is -0.325 e. The van der Waals surface area contributed by atoms with Crippen LogP contribution < -0.4 is 5.73 Å². The monoisotopic (exact) mass is 175 g/mol. The highest BCUT2D eigenvalue weighted by Gasteiger charge is 1.96. The lowest BCUT2D eigenvalue weighted by Gasteiger charge is -2.04. The summed E-state index contributed by atoms with van der Waals surface area (Å²) in [6.07, 6.45) is 4.11. The van der Waals surface area contributed by atoms with Crippen molar-refractivity contribution < 1.29 is 0 Å². The van der Waals surface area contributed by atoms with E-state index in [0.29, 0.717) is 0 Å². The normalized spacial score (nSPS) is 13.5. The Balaban J connectivity index is 2.95. The van der Waals surface area contributed by atoms with Gasteiger partial charge in [0.25, 0.3) is 0 Å². The molecule has 0 heterocycles. The molecule has 0 bridgehead atoms. The maximum absolute atomic E-state index is 5.64. The Bertz CT molecular complexity index is 311. The highest BCUT2D eigenvalue weighted by molar-refractivity contribution is 5.55. The molecule has 1 aromatic rings. The van der Waals surface area contributed by atoms with Gasteiger partial charge in [0, 0.05) is 6.04 Å². The van der Waals surface area contributed by atoms with Crippen molar-refractivity contribution in [3.8, 4) is 0 Å². The highest BCUT2D eigenvalue weighted by atomic mass is 14.6. The second kappa shape index (κ2) is 4.24. The lowest BCUT2D eigenvalue weighted by atomic mass is 10.0. The lowest BCUT2D eigenvalue weighted by molar-refractivity contribution is 0.930. The molecule has 1 atom stereocenters. The molecule has 1 aromatic carbocycles. The molecule has 0 spiro atoms. The number of benzene rings is 1. The molecule has 0 aromatic heterocycles. The van der Waals surface area contributed by atoms with Gasteiger partial charge in [0.1, 0.15) is 0 Å². The molecule has 1 unspecified atom stereocenters. The van der Waals surface area contributed by atoms with Crippen molar-refractivity contribution in [3.63, 3.8) is 0 Å². The van der Waals surface area contributed by atoms with E-state index in [1.165, 1.54) is 16.7 Å². The fourth-order valence-electron chi connectivity index (χ4n) is 1.21. The molecular weight excluding hydrogens is 158 g/mol. The fourth-order valence-corrected chi connectivity index (χ4v) is 1.21. The third kappa shape index (κ3) is 2.71. The molecule has 0 amide bonds. The smallest absolute Gasteiger partial charge is 0.0198 e. The van der Waals surface area contributed by atoms with Crippen LogP contribution in [-0.4, -0.2) is 6.04 Å². The maximum atomic E-state index is 5.64. The van der Waals surface area contributed by atoms with Crippen molar-refractivity contribution in [1.82, 2.24) is 0 Å². The number of aryl methyl sites for hydroxylation is 1. The van der Waals surface area contributed by atoms with Crippen molar-refractivity contribution in [1.29, 1.82) is 0 Å². The summed E-state index contributed by atoms with van der Waals surface area (Å²) in [6, 6.07) is 6.43. The maximum Gasteiger partial charge on any atom is 0.0198 e. The van der Waals surface area contributed by atoms with Crippen molar-refractivity contribution in [3.05, 3.63) is 41.0 Å². The number of hydrogen-bond acceptors (Lipinski definition) is 1. The van der Waals surface area contributed by atoms with Gasteiger partial charge in [-0.1, -0.05) is 30.4 Å². The number of rotatable bonds is 2. The van der Waals surface area contributed by atoms with Crippen LogP contribution in [0.4, 0.5) is 0 Å². The van der Waals surface area contributed by atoms with E-state index < -0.39 is 0 Å². The van der Waals surface area contributed by atoms with Crippen molar-refractivity contribution in [2.45, 2.75) is 26.8 Å². The second-order valence-electron chi connectivity index (χ2n) is 3.51. The predicted octanol–water partition coefficient (Wildman–Crippen LogP) is 2.66. The van der Waals surface area contributed by atoms with E-state index in [1.54, 1.807) is 0 Å². The van der Waals surface area contributed by atoms with Gasteiger partial charge in [-0.2, -0.15) is 0 Å². The zero-order chi connectivity index (χ0) is 9.84. The molecule has 13 heavy (non-hydrogen) atoms. The number of nitrogens with two attached hydrogens (primary N) is 1. The van der Waals surface area contributed by atoms with Crippen LogP contribution in [0.2, 0.25) is 0 Å². The summed E-state index contributed by atoms with van der Waals surface area (Å²) in [5.74, 6) is 0. The van der Waals surface area contributed by atoms with Crippen LogP contribution in [0.1, 0.15) is 23.6 Å². The quantitative estimate of drug-likeness (QED) is 0.734. The minimum atomic E-state index is 0.125. The average Bonchev–Trinajstić information content (AvgIpc) is 2.07. The summed E-state index contributed by atoms with van der Waals surface area (Å²) in [5, 5.41) is 0. The molecule has 1 rings (SSSR count). The van der Waals surface area contributed by atoms with Crippen molar-refractivity contribution >= 4 is 6.08 Å². The zero-order valence-electron chi connectivity index (χ0n) is 8.54. The molecular formula is C12H17N. The Labute approximate surface area is 80.3 Å². The Hall–Kier alpha value is -1.08. The Morgan fingerprint density at radius 2 is 2.00 bits per heavy atom. The highest BCUT2D eigenvalue weighted by Crippen LogP contribution is 2.14. The Morgan fingerprint density at radius 1 is 1.31 bits per heavy atom. The second-order valence-corrected chi connectivity index (χ2v) is 3.51. The molecule has 0 aliphatic carbocycles. The van der Waals surface area contributed by atoms with Gasteiger partial charge in [-0.25, -0.2) is 0 Å². The van der Waals surface area contributed by atoms with Gasteiger partial charge >= 0.3 is 0 Å². The first-order chi connectivity index (χ1) is 6.11. The first-order valence-corrected chi connectivity index (χ1v) is 4.61. The standard InChI is InChI=1S/C12H17N/c1-9-5-4-6-12(11(9)3)8-7-10(2)13/h4-8,10H,13H2,1-3H3/b8-7+. The predicted molar refractivity (Wildman–Crippen MR) is 58.6 cm³/mol. The van der Waals surface area contributed by atoms with E-state index in [0.717, 1.165) is 0 Å². The van der Waals surface area contributed by atoms with Crippen LogP contribution in [0.25, 0.3) is 6.08 Å². The summed E-state index contributed by atoms with van der Waals surface area (Å²) in [7, 11) is 0. The lowest BCUT2D eigenvalue weighted by Crippen LogP contribution is -2.09. The summed E-state index contributed by atoms with van der Waals surface area (Å²) in [4.78, 5) is 0. The topological polar surface area (TPSA) is 26.0 Å². The van der Waals surface area contributed by atoms with Gasteiger partial charge in [0.2, 0.25) is 0 Å². The van der Waals surface area contributed by atoms with Crippen LogP contribution in [0.15, 0.2) is 24.3 Å². The van der Waals surface area contributed by atoms with Gasteiger partial charge < -0.3 is 5.73 Å². The van der Waals surface area contributed by atoms with Crippen LogP contribution >= 0.6 is 0 Å². The van der Waals surface area contributed by atoms with E-state index >= 15 is 0 Å². The summed E-state index contributed by atoms with van der Waals surface area (Å²) in [6.45, 7) is 6.23. The zero-order valence-corrected chi connectivity index (χ0v) is 8.54. The van der Waals surface area contributed by atoms with Gasteiger partial charge in [0.05, 0.1) is 0 Å². The van der Waals surface area contributed by atoms with E-state index in [9.17, 15) is 0 Å². The van der Waals surface area contributed by atoms with Crippen LogP contribution in [0.3, 0.4) is 0 Å². The molecule has 1 nitrogen and oxygen atoms in total. The average molecular weight is 175 g/mol. The molecule has 2 N–H and O–H groups in total. The largest absolute Gasteiger partial charge is 0.325 e. The third-order valence-electron chi connectivity index (χ3n) is 2.23. The van der Waals surface area contributed by atoms with Crippen LogP contribution in [-0.2, 0) is 0 Å². The molecule has 0 aliphatic heterocycles. The molecule has 0 radical (unpaired) electrons. The molecule has 0 saturated carbocycles. The minimum absolute atomic E-state index is 0.125. The summed E-state index contributed by atoms with van der Waals surface area (Å²) < 4.78 is 0. The summed E-state index contributed by atoms with van der Waals surface area (Å²) in [5.41, 5.74) is 9.56. The molecule has 0 fully saturated rings. The van der Waals surface area contributed by atoms with E-state index in [1.807, 2.05) is 13.0 Å². The first-order valence-electron chi connectivity index (χ1n) is 4.61. The van der Waals surface area contributed by atoms with E-state index in [2.05, 4.69) is 38.1 Å². The van der Waals surface area contributed by atoms with E-state index in [4.69, 9.17) is 5.73 Å². The molecule has 0 aliphatic rings. The van der Waals surface area contributed by atoms with Crippen LogP contribution in [0, 0.1) is 13.8 Å². The number of hydrogen-bond donors (Lipinski definition) is 1. The van der Waals surface area contributed by atoms with Gasteiger partial charge in [-0.05, 0) is 37.5 Å². The first kappa shape index (κ1) is 10.0. The Morgan fingerprint density at radius 3 is 2.62 bits per heavy atom. The van der Waals surface area contributed by atoms with E-state index in [-0.39, 0.29) is 6.04 Å². The SMILES string of the molecule is Cc1cccc(/C=C/C(C)N)c1C. The third-order valence-corrected chi connectivity index (χ3v) is 2.23. The van der Waals surface area contributed by atoms with Crippen LogP contribution in [0.5, 0.6) is 0 Å². The van der Waals surface area contributed by atoms with Crippen molar-refractivity contribution in [2.75, 3.05) is 0 Å². The molecule has 70 valence electrons.